The molecule has 1 atom stereocenters. The van der Waals surface area contributed by atoms with Crippen LogP contribution in [0.1, 0.15) is 40.0 Å². The zero-order chi connectivity index (χ0) is 17.1. The molecule has 0 bridgehead atoms. The van der Waals surface area contributed by atoms with Crippen molar-refractivity contribution in [2.45, 2.75) is 19.3 Å². The minimum Gasteiger partial charge on any atom is -0.294 e. The lowest BCUT2D eigenvalue weighted by Gasteiger charge is -2.14. The van der Waals surface area contributed by atoms with Gasteiger partial charge in [-0.2, -0.15) is 0 Å². The predicted molar refractivity (Wildman–Crippen MR) is 97.0 cm³/mol. The number of carbonyl (C=O) groups excluding carboxylic acids is 2. The van der Waals surface area contributed by atoms with Gasteiger partial charge in [0, 0.05) is 27.6 Å². The van der Waals surface area contributed by atoms with Gasteiger partial charge in [-0.1, -0.05) is 29.3 Å². The summed E-state index contributed by atoms with van der Waals surface area (Å²) in [6.45, 7) is 0. The fourth-order valence-corrected chi connectivity index (χ4v) is 3.25. The van der Waals surface area contributed by atoms with Gasteiger partial charge in [0.1, 0.15) is 0 Å². The molecule has 0 saturated heterocycles. The molecule has 1 aliphatic rings. The van der Waals surface area contributed by atoms with Gasteiger partial charge in [0.25, 0.3) is 0 Å². The Morgan fingerprint density at radius 3 is 2.00 bits per heavy atom. The maximum Gasteiger partial charge on any atom is 0.188 e. The summed E-state index contributed by atoms with van der Waals surface area (Å²) in [6, 6.07) is 13.7. The van der Waals surface area contributed by atoms with Crippen molar-refractivity contribution in [3.63, 3.8) is 0 Å². The van der Waals surface area contributed by atoms with Gasteiger partial charge in [0.15, 0.2) is 11.6 Å². The molecule has 0 amide bonds. The Bertz CT molecular complexity index is 789. The van der Waals surface area contributed by atoms with E-state index in [0.717, 1.165) is 18.4 Å². The molecule has 3 rings (SSSR count). The third-order valence-electron chi connectivity index (χ3n) is 4.29. The zero-order valence-corrected chi connectivity index (χ0v) is 14.5. The highest BCUT2D eigenvalue weighted by atomic mass is 35.5. The molecule has 4 heteroatoms. The summed E-state index contributed by atoms with van der Waals surface area (Å²) in [7, 11) is 0. The summed E-state index contributed by atoms with van der Waals surface area (Å²) in [5.74, 6) is -0.0113. The van der Waals surface area contributed by atoms with Gasteiger partial charge < -0.3 is 0 Å². The molecule has 0 fully saturated rings. The van der Waals surface area contributed by atoms with E-state index in [1.807, 2.05) is 6.08 Å². The summed E-state index contributed by atoms with van der Waals surface area (Å²) < 4.78 is 0. The number of carbonyl (C=O) groups is 2. The first-order chi connectivity index (χ1) is 11.5. The lowest BCUT2D eigenvalue weighted by Crippen LogP contribution is -2.14. The monoisotopic (exact) mass is 358 g/mol. The smallest absolute Gasteiger partial charge is 0.188 e. The molecule has 0 N–H and O–H groups in total. The number of hydrogen-bond donors (Lipinski definition) is 0. The van der Waals surface area contributed by atoms with Crippen LogP contribution in [0.2, 0.25) is 10.0 Å². The summed E-state index contributed by atoms with van der Waals surface area (Å²) in [6.07, 6.45) is 3.95. The fourth-order valence-electron chi connectivity index (χ4n) is 3.00. The first kappa shape index (κ1) is 16.9. The number of rotatable bonds is 5. The van der Waals surface area contributed by atoms with Gasteiger partial charge in [-0.15, -0.1) is 0 Å². The van der Waals surface area contributed by atoms with E-state index in [0.29, 0.717) is 27.6 Å². The molecule has 0 spiro atoms. The lowest BCUT2D eigenvalue weighted by atomic mass is 9.88. The van der Waals surface area contributed by atoms with E-state index >= 15 is 0 Å². The second kappa shape index (κ2) is 7.33. The molecule has 24 heavy (non-hydrogen) atoms. The molecule has 0 aliphatic heterocycles. The molecule has 2 aromatic rings. The SMILES string of the molecule is O=C(C[C@@H]1CCC=C1C(=O)c1ccc(Cl)cc1)c1ccc(Cl)cc1. The average Bonchev–Trinajstić information content (AvgIpc) is 3.03. The predicted octanol–water partition coefficient (Wildman–Crippen LogP) is 5.79. The van der Waals surface area contributed by atoms with Crippen LogP contribution in [0.4, 0.5) is 0 Å². The second-order valence-corrected chi connectivity index (χ2v) is 6.78. The second-order valence-electron chi connectivity index (χ2n) is 5.90. The standard InChI is InChI=1S/C20H16Cl2O2/c21-16-8-4-13(5-9-16)19(23)12-15-2-1-3-18(15)20(24)14-6-10-17(22)11-7-14/h3-11,15H,1-2,12H2/t15-/m0/s1. The van der Waals surface area contributed by atoms with Crippen molar-refractivity contribution in [3.05, 3.63) is 81.4 Å². The Balaban J connectivity index is 1.73. The molecule has 122 valence electrons. The Morgan fingerprint density at radius 1 is 0.875 bits per heavy atom. The summed E-state index contributed by atoms with van der Waals surface area (Å²) in [4.78, 5) is 25.2. The topological polar surface area (TPSA) is 34.1 Å². The van der Waals surface area contributed by atoms with Gasteiger partial charge in [0.05, 0.1) is 0 Å². The minimum absolute atomic E-state index is 0.0157. The molecule has 0 heterocycles. The first-order valence-corrected chi connectivity index (χ1v) is 8.59. The van der Waals surface area contributed by atoms with Crippen molar-refractivity contribution in [1.29, 1.82) is 0 Å². The van der Waals surface area contributed by atoms with Crippen LogP contribution in [-0.2, 0) is 0 Å². The van der Waals surface area contributed by atoms with Crippen molar-refractivity contribution in [2.24, 2.45) is 5.92 Å². The molecule has 0 aromatic heterocycles. The fraction of sp³-hybridized carbons (Fsp3) is 0.200. The van der Waals surface area contributed by atoms with Gasteiger partial charge >= 0.3 is 0 Å². The molecule has 0 saturated carbocycles. The average molecular weight is 359 g/mol. The summed E-state index contributed by atoms with van der Waals surface area (Å²) >= 11 is 11.7. The van der Waals surface area contributed by atoms with Crippen molar-refractivity contribution < 1.29 is 9.59 Å². The maximum absolute atomic E-state index is 12.7. The van der Waals surface area contributed by atoms with E-state index in [-0.39, 0.29) is 17.5 Å². The van der Waals surface area contributed by atoms with Crippen molar-refractivity contribution in [3.8, 4) is 0 Å². The Kier molecular flexibility index (Phi) is 5.17. The van der Waals surface area contributed by atoms with Crippen LogP contribution in [-0.4, -0.2) is 11.6 Å². The normalized spacial score (nSPS) is 16.8. The van der Waals surface area contributed by atoms with Gasteiger partial charge in [-0.25, -0.2) is 0 Å². The van der Waals surface area contributed by atoms with Crippen molar-refractivity contribution >= 4 is 34.8 Å². The van der Waals surface area contributed by atoms with E-state index in [4.69, 9.17) is 23.2 Å². The zero-order valence-electron chi connectivity index (χ0n) is 13.0. The highest BCUT2D eigenvalue weighted by Crippen LogP contribution is 2.32. The minimum atomic E-state index is -0.0312. The van der Waals surface area contributed by atoms with E-state index in [9.17, 15) is 9.59 Å². The summed E-state index contributed by atoms with van der Waals surface area (Å²) in [5.41, 5.74) is 1.97. The first-order valence-electron chi connectivity index (χ1n) is 7.83. The van der Waals surface area contributed by atoms with Crippen LogP contribution < -0.4 is 0 Å². The number of benzene rings is 2. The number of ketones is 2. The van der Waals surface area contributed by atoms with Crippen LogP contribution >= 0.6 is 23.2 Å². The summed E-state index contributed by atoms with van der Waals surface area (Å²) in [5, 5.41) is 1.20. The van der Waals surface area contributed by atoms with E-state index in [1.165, 1.54) is 0 Å². The van der Waals surface area contributed by atoms with Crippen LogP contribution in [0.3, 0.4) is 0 Å². The molecular weight excluding hydrogens is 343 g/mol. The number of hydrogen-bond acceptors (Lipinski definition) is 2. The highest BCUT2D eigenvalue weighted by molar-refractivity contribution is 6.31. The van der Waals surface area contributed by atoms with Crippen LogP contribution in [0.5, 0.6) is 0 Å². The third-order valence-corrected chi connectivity index (χ3v) is 4.79. The molecule has 0 unspecified atom stereocenters. The Labute approximate surface area is 151 Å². The molecule has 2 aromatic carbocycles. The molecular formula is C20H16Cl2O2. The molecule has 0 radical (unpaired) electrons. The lowest BCUT2D eigenvalue weighted by molar-refractivity contribution is 0.0960. The van der Waals surface area contributed by atoms with Gasteiger partial charge in [0.2, 0.25) is 0 Å². The van der Waals surface area contributed by atoms with E-state index in [1.54, 1.807) is 48.5 Å². The van der Waals surface area contributed by atoms with E-state index < -0.39 is 0 Å². The van der Waals surface area contributed by atoms with E-state index in [2.05, 4.69) is 0 Å². The number of Topliss-reactive ketones (excluding diaryl/α,β-unsaturated/α-hetero) is 2. The Morgan fingerprint density at radius 2 is 1.42 bits per heavy atom. The van der Waals surface area contributed by atoms with Gasteiger partial charge in [-0.3, -0.25) is 9.59 Å². The van der Waals surface area contributed by atoms with Gasteiger partial charge in [-0.05, 0) is 72.9 Å². The number of halogens is 2. The van der Waals surface area contributed by atoms with Crippen LogP contribution in [0.25, 0.3) is 0 Å². The Hall–Kier alpha value is -1.90. The molecule has 2 nitrogen and oxygen atoms in total. The van der Waals surface area contributed by atoms with Crippen LogP contribution in [0.15, 0.2) is 60.2 Å². The quantitative estimate of drug-likeness (QED) is 0.634. The van der Waals surface area contributed by atoms with Crippen LogP contribution in [0, 0.1) is 5.92 Å². The van der Waals surface area contributed by atoms with Crippen molar-refractivity contribution in [2.75, 3.05) is 0 Å². The number of allylic oxidation sites excluding steroid dienone is 2. The van der Waals surface area contributed by atoms with Crippen molar-refractivity contribution in [1.82, 2.24) is 0 Å². The maximum atomic E-state index is 12.7. The molecule has 1 aliphatic carbocycles. The largest absolute Gasteiger partial charge is 0.294 e. The third kappa shape index (κ3) is 3.77. The highest BCUT2D eigenvalue weighted by Gasteiger charge is 2.27.